The second-order valence-corrected chi connectivity index (χ2v) is 5.52. The van der Waals surface area contributed by atoms with Gasteiger partial charge >= 0.3 is 0 Å². The molecule has 1 saturated carbocycles. The van der Waals surface area contributed by atoms with Crippen LogP contribution in [-0.4, -0.2) is 10.9 Å². The average Bonchev–Trinajstić information content (AvgIpc) is 2.97. The second-order valence-electron chi connectivity index (χ2n) is 4.80. The Morgan fingerprint density at radius 2 is 2.32 bits per heavy atom. The van der Waals surface area contributed by atoms with Crippen LogP contribution in [0.2, 0.25) is 0 Å². The smallest absolute Gasteiger partial charge is 0.226 e. The number of hydrogen-bond acceptors (Lipinski definition) is 3. The Morgan fingerprint density at radius 1 is 1.47 bits per heavy atom. The molecule has 0 saturated heterocycles. The highest BCUT2D eigenvalue weighted by Crippen LogP contribution is 2.45. The lowest BCUT2D eigenvalue weighted by molar-refractivity contribution is -0.121. The first-order valence-electron chi connectivity index (χ1n) is 6.12. The summed E-state index contributed by atoms with van der Waals surface area (Å²) in [6.45, 7) is 0. The monoisotopic (exact) mass is 276 g/mol. The predicted octanol–water partition coefficient (Wildman–Crippen LogP) is 2.63. The standard InChI is InChI=1S/C14H13FN2OS/c15-11-3-1-2-10(6-11)14(4-5-14)17-13(18)7-12-8-19-9-16-12/h1-3,6,8-9H,4-5,7H2,(H,17,18). The number of carbonyl (C=O) groups excluding carboxylic acids is 1. The Hall–Kier alpha value is -1.75. The number of rotatable bonds is 4. The van der Waals surface area contributed by atoms with Gasteiger partial charge in [-0.25, -0.2) is 9.37 Å². The van der Waals surface area contributed by atoms with E-state index in [1.807, 2.05) is 11.4 Å². The summed E-state index contributed by atoms with van der Waals surface area (Å²) in [4.78, 5) is 16.1. The van der Waals surface area contributed by atoms with Gasteiger partial charge in [-0.05, 0) is 30.5 Å². The molecule has 0 atom stereocenters. The number of benzene rings is 1. The van der Waals surface area contributed by atoms with Gasteiger partial charge in [0.1, 0.15) is 5.82 Å². The van der Waals surface area contributed by atoms with Crippen LogP contribution in [0.1, 0.15) is 24.1 Å². The molecule has 0 unspecified atom stereocenters. The minimum atomic E-state index is -0.366. The Kier molecular flexibility index (Phi) is 3.06. The molecule has 0 spiro atoms. The lowest BCUT2D eigenvalue weighted by Crippen LogP contribution is -2.36. The van der Waals surface area contributed by atoms with Gasteiger partial charge < -0.3 is 5.32 Å². The first-order chi connectivity index (χ1) is 9.18. The average molecular weight is 276 g/mol. The van der Waals surface area contributed by atoms with Crippen molar-refractivity contribution in [2.45, 2.75) is 24.8 Å². The van der Waals surface area contributed by atoms with Crippen molar-refractivity contribution < 1.29 is 9.18 Å². The number of nitrogens with zero attached hydrogens (tertiary/aromatic N) is 1. The SMILES string of the molecule is O=C(Cc1cscn1)NC1(c2cccc(F)c2)CC1. The fourth-order valence-corrected chi connectivity index (χ4v) is 2.76. The van der Waals surface area contributed by atoms with E-state index in [1.165, 1.54) is 23.5 Å². The second kappa shape index (κ2) is 4.74. The van der Waals surface area contributed by atoms with E-state index in [0.29, 0.717) is 0 Å². The molecule has 2 aromatic rings. The maximum atomic E-state index is 13.2. The summed E-state index contributed by atoms with van der Waals surface area (Å²) in [5, 5.41) is 4.87. The Balaban J connectivity index is 1.70. The molecule has 19 heavy (non-hydrogen) atoms. The van der Waals surface area contributed by atoms with Gasteiger partial charge in [0.15, 0.2) is 0 Å². The molecular formula is C14H13FN2OS. The first kappa shape index (κ1) is 12.3. The number of aromatic nitrogens is 1. The molecule has 1 aliphatic rings. The van der Waals surface area contributed by atoms with Crippen LogP contribution in [0.4, 0.5) is 4.39 Å². The van der Waals surface area contributed by atoms with Crippen molar-refractivity contribution in [3.05, 3.63) is 52.2 Å². The van der Waals surface area contributed by atoms with Crippen LogP contribution in [-0.2, 0) is 16.8 Å². The summed E-state index contributed by atoms with van der Waals surface area (Å²) in [6, 6.07) is 6.45. The zero-order valence-corrected chi connectivity index (χ0v) is 11.0. The molecule has 1 amide bonds. The first-order valence-corrected chi connectivity index (χ1v) is 7.06. The van der Waals surface area contributed by atoms with Gasteiger partial charge in [0.25, 0.3) is 0 Å². The van der Waals surface area contributed by atoms with Gasteiger partial charge in [0.2, 0.25) is 5.91 Å². The molecule has 0 aliphatic heterocycles. The van der Waals surface area contributed by atoms with Crippen LogP contribution in [0.15, 0.2) is 35.2 Å². The molecule has 5 heteroatoms. The van der Waals surface area contributed by atoms with E-state index in [9.17, 15) is 9.18 Å². The number of carbonyl (C=O) groups is 1. The number of nitrogens with one attached hydrogen (secondary N) is 1. The van der Waals surface area contributed by atoms with E-state index < -0.39 is 0 Å². The third-order valence-corrected chi connectivity index (χ3v) is 3.97. The summed E-state index contributed by atoms with van der Waals surface area (Å²) < 4.78 is 13.2. The molecule has 1 heterocycles. The fraction of sp³-hybridized carbons (Fsp3) is 0.286. The van der Waals surface area contributed by atoms with Gasteiger partial charge in [-0.3, -0.25) is 4.79 Å². The van der Waals surface area contributed by atoms with Crippen molar-refractivity contribution in [2.75, 3.05) is 0 Å². The zero-order chi connectivity index (χ0) is 13.3. The molecular weight excluding hydrogens is 263 g/mol. The minimum absolute atomic E-state index is 0.0624. The molecule has 3 nitrogen and oxygen atoms in total. The molecule has 3 rings (SSSR count). The highest BCUT2D eigenvalue weighted by Gasteiger charge is 2.45. The van der Waals surface area contributed by atoms with Crippen LogP contribution in [0.25, 0.3) is 0 Å². The maximum Gasteiger partial charge on any atom is 0.226 e. The fourth-order valence-electron chi connectivity index (χ4n) is 2.20. The highest BCUT2D eigenvalue weighted by molar-refractivity contribution is 7.07. The van der Waals surface area contributed by atoms with E-state index in [2.05, 4.69) is 10.3 Å². The van der Waals surface area contributed by atoms with Gasteiger partial charge in [0, 0.05) is 5.38 Å². The summed E-state index contributed by atoms with van der Waals surface area (Å²) in [7, 11) is 0. The van der Waals surface area contributed by atoms with Crippen LogP contribution in [0.3, 0.4) is 0 Å². The van der Waals surface area contributed by atoms with Gasteiger partial charge in [-0.15, -0.1) is 11.3 Å². The Labute approximate surface area is 114 Å². The van der Waals surface area contributed by atoms with Gasteiger partial charge in [-0.2, -0.15) is 0 Å². The number of amides is 1. The molecule has 1 aromatic carbocycles. The van der Waals surface area contributed by atoms with Crippen LogP contribution >= 0.6 is 11.3 Å². The third-order valence-electron chi connectivity index (χ3n) is 3.33. The van der Waals surface area contributed by atoms with Crippen molar-refractivity contribution in [1.82, 2.24) is 10.3 Å². The molecule has 1 fully saturated rings. The third kappa shape index (κ3) is 2.66. The largest absolute Gasteiger partial charge is 0.346 e. The maximum absolute atomic E-state index is 13.2. The number of thiazole rings is 1. The predicted molar refractivity (Wildman–Crippen MR) is 71.3 cm³/mol. The molecule has 0 bridgehead atoms. The van der Waals surface area contributed by atoms with E-state index in [1.54, 1.807) is 11.6 Å². The summed E-state index contributed by atoms with van der Waals surface area (Å²) >= 11 is 1.47. The highest BCUT2D eigenvalue weighted by atomic mass is 32.1. The van der Waals surface area contributed by atoms with Crippen molar-refractivity contribution in [1.29, 1.82) is 0 Å². The van der Waals surface area contributed by atoms with Crippen LogP contribution < -0.4 is 5.32 Å². The minimum Gasteiger partial charge on any atom is -0.346 e. The van der Waals surface area contributed by atoms with Crippen molar-refractivity contribution in [2.24, 2.45) is 0 Å². The van der Waals surface area contributed by atoms with Crippen molar-refractivity contribution in [3.63, 3.8) is 0 Å². The van der Waals surface area contributed by atoms with E-state index >= 15 is 0 Å². The topological polar surface area (TPSA) is 42.0 Å². The number of hydrogen-bond donors (Lipinski definition) is 1. The Morgan fingerprint density at radius 3 is 2.95 bits per heavy atom. The quantitative estimate of drug-likeness (QED) is 0.932. The molecule has 1 N–H and O–H groups in total. The summed E-state index contributed by atoms with van der Waals surface area (Å²) in [6.07, 6.45) is 2.00. The summed E-state index contributed by atoms with van der Waals surface area (Å²) in [5.74, 6) is -0.329. The van der Waals surface area contributed by atoms with Crippen LogP contribution in [0, 0.1) is 5.82 Å². The molecule has 0 radical (unpaired) electrons. The van der Waals surface area contributed by atoms with E-state index in [-0.39, 0.29) is 23.7 Å². The van der Waals surface area contributed by atoms with Gasteiger partial charge in [-0.1, -0.05) is 12.1 Å². The van der Waals surface area contributed by atoms with Crippen LogP contribution in [0.5, 0.6) is 0 Å². The zero-order valence-electron chi connectivity index (χ0n) is 10.2. The van der Waals surface area contributed by atoms with E-state index in [0.717, 1.165) is 24.1 Å². The molecule has 1 aromatic heterocycles. The van der Waals surface area contributed by atoms with Gasteiger partial charge in [0.05, 0.1) is 23.2 Å². The molecule has 1 aliphatic carbocycles. The lowest BCUT2D eigenvalue weighted by atomic mass is 10.0. The lowest BCUT2D eigenvalue weighted by Gasteiger charge is -2.17. The normalized spacial score (nSPS) is 16.1. The molecule has 98 valence electrons. The van der Waals surface area contributed by atoms with Crippen molar-refractivity contribution in [3.8, 4) is 0 Å². The van der Waals surface area contributed by atoms with Crippen molar-refractivity contribution >= 4 is 17.2 Å². The summed E-state index contributed by atoms with van der Waals surface area (Å²) in [5.41, 5.74) is 2.97. The number of halogens is 1. The van der Waals surface area contributed by atoms with E-state index in [4.69, 9.17) is 0 Å². The Bertz CT molecular complexity index is 593.